The molecule has 132 valence electrons. The van der Waals surface area contributed by atoms with E-state index >= 15 is 0 Å². The van der Waals surface area contributed by atoms with E-state index < -0.39 is 6.04 Å². The van der Waals surface area contributed by atoms with Crippen LogP contribution in [0.2, 0.25) is 0 Å². The fourth-order valence-corrected chi connectivity index (χ4v) is 3.74. The number of rotatable bonds is 4. The number of amides is 2. The number of hydrogen-bond donors (Lipinski definition) is 1. The topological polar surface area (TPSA) is 62.3 Å². The van der Waals surface area contributed by atoms with Gasteiger partial charge in [-0.15, -0.1) is 11.3 Å². The van der Waals surface area contributed by atoms with Crippen molar-refractivity contribution in [2.75, 3.05) is 5.32 Å². The first-order chi connectivity index (χ1) is 12.0. The van der Waals surface area contributed by atoms with Gasteiger partial charge in [-0.1, -0.05) is 38.1 Å². The van der Waals surface area contributed by atoms with Crippen molar-refractivity contribution >= 4 is 28.3 Å². The average Bonchev–Trinajstić information content (AvgIpc) is 3.03. The third-order valence-corrected chi connectivity index (χ3v) is 5.59. The van der Waals surface area contributed by atoms with Crippen LogP contribution >= 0.6 is 11.3 Å². The van der Waals surface area contributed by atoms with E-state index in [0.29, 0.717) is 18.1 Å². The number of anilines is 1. The third-order valence-electron chi connectivity index (χ3n) is 4.72. The fraction of sp³-hybridized carbons (Fsp3) is 0.421. The van der Waals surface area contributed by atoms with Crippen LogP contribution in [0, 0.1) is 12.8 Å². The first-order valence-corrected chi connectivity index (χ1v) is 9.47. The van der Waals surface area contributed by atoms with Gasteiger partial charge in [0.05, 0.1) is 5.69 Å². The smallest absolute Gasteiger partial charge is 0.249 e. The highest BCUT2D eigenvalue weighted by molar-refractivity contribution is 7.13. The summed E-state index contributed by atoms with van der Waals surface area (Å²) in [7, 11) is 0. The summed E-state index contributed by atoms with van der Waals surface area (Å²) in [5, 5.41) is 5.36. The first-order valence-electron chi connectivity index (χ1n) is 8.59. The fourth-order valence-electron chi connectivity index (χ4n) is 3.05. The molecular weight excluding hydrogens is 334 g/mol. The van der Waals surface area contributed by atoms with Crippen LogP contribution in [0.25, 0.3) is 0 Å². The van der Waals surface area contributed by atoms with Crippen molar-refractivity contribution < 1.29 is 9.59 Å². The van der Waals surface area contributed by atoms with Crippen molar-refractivity contribution in [2.45, 2.75) is 46.2 Å². The minimum absolute atomic E-state index is 0.0347. The molecule has 0 unspecified atom stereocenters. The van der Waals surface area contributed by atoms with Crippen LogP contribution in [0.1, 0.15) is 37.1 Å². The Kier molecular flexibility index (Phi) is 5.18. The molecular formula is C19H23N3O2S. The van der Waals surface area contributed by atoms with Gasteiger partial charge in [-0.2, -0.15) is 0 Å². The number of aryl methyl sites for hydroxylation is 1. The Labute approximate surface area is 152 Å². The van der Waals surface area contributed by atoms with Gasteiger partial charge >= 0.3 is 0 Å². The van der Waals surface area contributed by atoms with Gasteiger partial charge in [-0.3, -0.25) is 9.59 Å². The predicted octanol–water partition coefficient (Wildman–Crippen LogP) is 3.39. The molecule has 1 aliphatic heterocycles. The molecule has 2 heterocycles. The molecule has 0 radical (unpaired) electrons. The minimum atomic E-state index is -0.499. The summed E-state index contributed by atoms with van der Waals surface area (Å²) in [5.74, 6) is -0.226. The van der Waals surface area contributed by atoms with Gasteiger partial charge in [0, 0.05) is 24.3 Å². The highest BCUT2D eigenvalue weighted by Crippen LogP contribution is 2.26. The molecule has 6 heteroatoms. The van der Waals surface area contributed by atoms with E-state index in [1.165, 1.54) is 11.3 Å². The maximum atomic E-state index is 12.9. The third kappa shape index (κ3) is 3.74. The molecule has 0 saturated carbocycles. The Balaban J connectivity index is 1.87. The van der Waals surface area contributed by atoms with Gasteiger partial charge in [0.15, 0.2) is 5.13 Å². The van der Waals surface area contributed by atoms with E-state index in [2.05, 4.69) is 10.3 Å². The lowest BCUT2D eigenvalue weighted by molar-refractivity contribution is -0.143. The molecule has 1 N–H and O–H groups in total. The van der Waals surface area contributed by atoms with E-state index in [0.717, 1.165) is 23.2 Å². The van der Waals surface area contributed by atoms with E-state index in [1.807, 2.05) is 50.4 Å². The number of nitrogens with one attached hydrogen (secondary N) is 1. The summed E-state index contributed by atoms with van der Waals surface area (Å²) in [6.45, 7) is 6.28. The summed E-state index contributed by atoms with van der Waals surface area (Å²) in [6.07, 6.45) is 1.30. The predicted molar refractivity (Wildman–Crippen MR) is 99.4 cm³/mol. The lowest BCUT2D eigenvalue weighted by Gasteiger charge is -2.37. The molecule has 0 bridgehead atoms. The molecule has 1 aromatic heterocycles. The second-order valence-corrected chi connectivity index (χ2v) is 7.41. The summed E-state index contributed by atoms with van der Waals surface area (Å²) >= 11 is 1.40. The van der Waals surface area contributed by atoms with Gasteiger partial charge in [-0.25, -0.2) is 4.98 Å². The highest BCUT2D eigenvalue weighted by Gasteiger charge is 2.36. The number of carbonyl (C=O) groups excluding carboxylic acids is 2. The molecule has 25 heavy (non-hydrogen) atoms. The van der Waals surface area contributed by atoms with E-state index in [-0.39, 0.29) is 17.7 Å². The van der Waals surface area contributed by atoms with Gasteiger partial charge in [0.25, 0.3) is 0 Å². The standard InChI is InChI=1S/C19H23N3O2S/c1-4-12(2)18(24)22-10-15-8-6-5-7-14(15)9-16(22)17(23)21-19-20-13(3)11-25-19/h5-8,11-12,16H,4,9-10H2,1-3H3,(H,20,21,23)/t12-,16+/m1/s1. The molecule has 0 saturated heterocycles. The number of aromatic nitrogens is 1. The zero-order valence-electron chi connectivity index (χ0n) is 14.8. The summed E-state index contributed by atoms with van der Waals surface area (Å²) < 4.78 is 0. The lowest BCUT2D eigenvalue weighted by atomic mass is 9.92. The first kappa shape index (κ1) is 17.6. The molecule has 2 aromatic rings. The Hall–Kier alpha value is -2.21. The Bertz CT molecular complexity index is 786. The van der Waals surface area contributed by atoms with Crippen LogP contribution in [-0.2, 0) is 22.6 Å². The second-order valence-electron chi connectivity index (χ2n) is 6.55. The molecule has 2 amide bonds. The van der Waals surface area contributed by atoms with Crippen LogP contribution in [-0.4, -0.2) is 27.7 Å². The summed E-state index contributed by atoms with van der Waals surface area (Å²) in [6, 6.07) is 7.52. The van der Waals surface area contributed by atoms with Crippen molar-refractivity contribution in [1.29, 1.82) is 0 Å². The summed E-state index contributed by atoms with van der Waals surface area (Å²) in [4.78, 5) is 31.7. The zero-order valence-corrected chi connectivity index (χ0v) is 15.6. The van der Waals surface area contributed by atoms with Crippen molar-refractivity contribution in [3.05, 3.63) is 46.5 Å². The van der Waals surface area contributed by atoms with Crippen molar-refractivity contribution in [2.24, 2.45) is 5.92 Å². The second kappa shape index (κ2) is 7.35. The van der Waals surface area contributed by atoms with Gasteiger partial charge in [0.1, 0.15) is 6.04 Å². The molecule has 1 aliphatic rings. The number of carbonyl (C=O) groups is 2. The van der Waals surface area contributed by atoms with Crippen molar-refractivity contribution in [3.63, 3.8) is 0 Å². The van der Waals surface area contributed by atoms with Gasteiger partial charge in [0.2, 0.25) is 11.8 Å². The van der Waals surface area contributed by atoms with Crippen molar-refractivity contribution in [1.82, 2.24) is 9.88 Å². The number of thiazole rings is 1. The van der Waals surface area contributed by atoms with E-state index in [1.54, 1.807) is 4.90 Å². The number of nitrogens with zero attached hydrogens (tertiary/aromatic N) is 2. The molecule has 0 spiro atoms. The zero-order chi connectivity index (χ0) is 18.0. The molecule has 3 rings (SSSR count). The quantitative estimate of drug-likeness (QED) is 0.912. The molecule has 1 aromatic carbocycles. The maximum absolute atomic E-state index is 12.9. The van der Waals surface area contributed by atoms with Crippen molar-refractivity contribution in [3.8, 4) is 0 Å². The van der Waals surface area contributed by atoms with Crippen LogP contribution < -0.4 is 5.32 Å². The normalized spacial score (nSPS) is 17.7. The number of hydrogen-bond acceptors (Lipinski definition) is 4. The minimum Gasteiger partial charge on any atom is -0.326 e. The van der Waals surface area contributed by atoms with E-state index in [9.17, 15) is 9.59 Å². The van der Waals surface area contributed by atoms with Crippen LogP contribution in [0.15, 0.2) is 29.6 Å². The van der Waals surface area contributed by atoms with Crippen LogP contribution in [0.4, 0.5) is 5.13 Å². The molecule has 0 fully saturated rings. The monoisotopic (exact) mass is 357 g/mol. The molecule has 5 nitrogen and oxygen atoms in total. The average molecular weight is 357 g/mol. The Morgan fingerprint density at radius 3 is 2.72 bits per heavy atom. The molecule has 2 atom stereocenters. The largest absolute Gasteiger partial charge is 0.326 e. The molecule has 0 aliphatic carbocycles. The SMILES string of the molecule is CC[C@@H](C)C(=O)N1Cc2ccccc2C[C@H]1C(=O)Nc1nc(C)cs1. The highest BCUT2D eigenvalue weighted by atomic mass is 32.1. The maximum Gasteiger partial charge on any atom is 0.249 e. The number of fused-ring (bicyclic) bond motifs is 1. The van der Waals surface area contributed by atoms with Gasteiger partial charge in [-0.05, 0) is 24.5 Å². The Morgan fingerprint density at radius 1 is 1.36 bits per heavy atom. The van der Waals surface area contributed by atoms with E-state index in [4.69, 9.17) is 0 Å². The number of benzene rings is 1. The lowest BCUT2D eigenvalue weighted by Crippen LogP contribution is -2.52. The van der Waals surface area contributed by atoms with Crippen LogP contribution in [0.3, 0.4) is 0 Å². The van der Waals surface area contributed by atoms with Gasteiger partial charge < -0.3 is 10.2 Å². The van der Waals surface area contributed by atoms with Crippen LogP contribution in [0.5, 0.6) is 0 Å². The summed E-state index contributed by atoms with van der Waals surface area (Å²) in [5.41, 5.74) is 3.13. The Morgan fingerprint density at radius 2 is 2.08 bits per heavy atom.